The lowest BCUT2D eigenvalue weighted by Crippen LogP contribution is -2.43. The van der Waals surface area contributed by atoms with Crippen molar-refractivity contribution in [2.24, 2.45) is 0 Å². The predicted octanol–water partition coefficient (Wildman–Crippen LogP) is 2.49. The highest BCUT2D eigenvalue weighted by molar-refractivity contribution is 7.99. The molecule has 3 heterocycles. The molecule has 2 aliphatic rings. The summed E-state index contributed by atoms with van der Waals surface area (Å²) in [7, 11) is 1.53. The quantitative estimate of drug-likeness (QED) is 0.393. The van der Waals surface area contributed by atoms with Gasteiger partial charge in [-0.25, -0.2) is 9.48 Å². The molecule has 4 rings (SSSR count). The zero-order chi connectivity index (χ0) is 25.7. The van der Waals surface area contributed by atoms with Gasteiger partial charge in [-0.2, -0.15) is 4.98 Å². The Morgan fingerprint density at radius 1 is 1.22 bits per heavy atom. The highest BCUT2D eigenvalue weighted by atomic mass is 32.2. The molecule has 0 bridgehead atoms. The molecule has 2 aliphatic heterocycles. The van der Waals surface area contributed by atoms with Gasteiger partial charge in [-0.05, 0) is 37.3 Å². The van der Waals surface area contributed by atoms with E-state index in [1.54, 1.807) is 28.6 Å². The number of hydrogen-bond acceptors (Lipinski definition) is 10. The van der Waals surface area contributed by atoms with Gasteiger partial charge in [0.05, 0.1) is 32.5 Å². The average molecular weight is 518 g/mol. The van der Waals surface area contributed by atoms with Crippen molar-refractivity contribution < 1.29 is 28.5 Å². The number of carbonyl (C=O) groups is 2. The topological polar surface area (TPSA) is 117 Å². The molecule has 11 nitrogen and oxygen atoms in total. The van der Waals surface area contributed by atoms with E-state index >= 15 is 0 Å². The molecule has 1 aromatic heterocycles. The van der Waals surface area contributed by atoms with Crippen molar-refractivity contribution in [3.8, 4) is 11.5 Å². The van der Waals surface area contributed by atoms with Crippen LogP contribution in [0.4, 0.5) is 5.95 Å². The molecule has 1 amide bonds. The second-order valence-electron chi connectivity index (χ2n) is 8.07. The number of benzene rings is 1. The molecule has 1 fully saturated rings. The van der Waals surface area contributed by atoms with Crippen molar-refractivity contribution >= 4 is 29.6 Å². The minimum absolute atomic E-state index is 0.110. The Bertz CT molecular complexity index is 1140. The fraction of sp³-hybridized carbons (Fsp3) is 0.500. The number of methoxy groups -OCH3 is 1. The molecular formula is C24H31N5O6S. The average Bonchev–Trinajstić information content (AvgIpc) is 3.29. The molecule has 2 aromatic rings. The predicted molar refractivity (Wildman–Crippen MR) is 133 cm³/mol. The Labute approximate surface area is 214 Å². The fourth-order valence-corrected chi connectivity index (χ4v) is 4.67. The summed E-state index contributed by atoms with van der Waals surface area (Å²) in [6.07, 6.45) is 0. The third kappa shape index (κ3) is 5.44. The zero-order valence-corrected chi connectivity index (χ0v) is 21.7. The number of fused-ring (bicyclic) bond motifs is 1. The maximum absolute atomic E-state index is 13.0. The van der Waals surface area contributed by atoms with Gasteiger partial charge >= 0.3 is 5.97 Å². The molecule has 1 atom stereocenters. The summed E-state index contributed by atoms with van der Waals surface area (Å²) >= 11 is 1.51. The molecule has 194 valence electrons. The summed E-state index contributed by atoms with van der Waals surface area (Å²) in [5.41, 5.74) is 1.81. The van der Waals surface area contributed by atoms with Gasteiger partial charge in [-0.15, -0.1) is 5.10 Å². The molecule has 1 N–H and O–H groups in total. The number of amides is 1. The lowest BCUT2D eigenvalue weighted by atomic mass is 9.95. The van der Waals surface area contributed by atoms with E-state index in [1.807, 2.05) is 19.9 Å². The number of morpholine rings is 1. The molecule has 0 aliphatic carbocycles. The van der Waals surface area contributed by atoms with Crippen LogP contribution in [0.2, 0.25) is 0 Å². The van der Waals surface area contributed by atoms with Crippen LogP contribution in [0, 0.1) is 0 Å². The van der Waals surface area contributed by atoms with Gasteiger partial charge in [0.2, 0.25) is 11.1 Å². The number of anilines is 1. The molecule has 0 radical (unpaired) electrons. The van der Waals surface area contributed by atoms with Crippen molar-refractivity contribution in [3.05, 3.63) is 35.0 Å². The summed E-state index contributed by atoms with van der Waals surface area (Å²) in [5.74, 6) is 1.67. The van der Waals surface area contributed by atoms with Crippen LogP contribution in [0.25, 0.3) is 0 Å². The van der Waals surface area contributed by atoms with Gasteiger partial charge in [0.25, 0.3) is 5.91 Å². The standard InChI is InChI=1S/C24H31N5O6S/c1-5-34-22(31)20-15(3)25-23-26-24(36-6-2)27-29(23)21(20)16-7-8-17(18(13-16)32-4)35-14-19(30)28-9-11-33-12-10-28/h7-8,13,21H,5-6,9-12,14H2,1-4H3,(H,25,26,27). The SMILES string of the molecule is CCOC(=O)C1=C(C)Nc2nc(SCC)nn2C1c1ccc(OCC(=O)N2CCOCC2)c(OC)c1. The first-order valence-corrected chi connectivity index (χ1v) is 12.9. The number of ether oxygens (including phenoxy) is 4. The number of carbonyl (C=O) groups excluding carboxylic acids is 2. The van der Waals surface area contributed by atoms with E-state index in [-0.39, 0.29) is 19.1 Å². The van der Waals surface area contributed by atoms with Gasteiger partial charge in [0, 0.05) is 18.8 Å². The van der Waals surface area contributed by atoms with Crippen molar-refractivity contribution in [2.45, 2.75) is 32.0 Å². The number of hydrogen-bond donors (Lipinski definition) is 1. The molecular weight excluding hydrogens is 486 g/mol. The van der Waals surface area contributed by atoms with E-state index in [4.69, 9.17) is 18.9 Å². The second kappa shape index (κ2) is 11.7. The summed E-state index contributed by atoms with van der Waals surface area (Å²) in [6.45, 7) is 7.90. The lowest BCUT2D eigenvalue weighted by molar-refractivity contribution is -0.139. The summed E-state index contributed by atoms with van der Waals surface area (Å²) in [5, 5.41) is 8.43. The maximum atomic E-state index is 13.0. The molecule has 12 heteroatoms. The van der Waals surface area contributed by atoms with E-state index in [9.17, 15) is 9.59 Å². The van der Waals surface area contributed by atoms with Crippen molar-refractivity contribution in [1.82, 2.24) is 19.7 Å². The third-order valence-corrected chi connectivity index (χ3v) is 6.54. The Hall–Kier alpha value is -3.25. The number of nitrogens with one attached hydrogen (secondary N) is 1. The first-order chi connectivity index (χ1) is 17.5. The third-order valence-electron chi connectivity index (χ3n) is 5.82. The van der Waals surface area contributed by atoms with E-state index in [0.29, 0.717) is 60.2 Å². The molecule has 1 aromatic carbocycles. The first-order valence-electron chi connectivity index (χ1n) is 11.9. The van der Waals surface area contributed by atoms with E-state index in [0.717, 1.165) is 11.3 Å². The number of nitrogens with zero attached hydrogens (tertiary/aromatic N) is 4. The van der Waals surface area contributed by atoms with Crippen LogP contribution >= 0.6 is 11.8 Å². The van der Waals surface area contributed by atoms with E-state index in [1.165, 1.54) is 18.9 Å². The van der Waals surface area contributed by atoms with Crippen LogP contribution in [0.1, 0.15) is 32.4 Å². The first kappa shape index (κ1) is 25.8. The lowest BCUT2D eigenvalue weighted by Gasteiger charge is -2.28. The monoisotopic (exact) mass is 517 g/mol. The smallest absolute Gasteiger partial charge is 0.338 e. The normalized spacial score (nSPS) is 17.3. The zero-order valence-electron chi connectivity index (χ0n) is 20.9. The van der Waals surface area contributed by atoms with Crippen molar-refractivity contribution in [1.29, 1.82) is 0 Å². The van der Waals surface area contributed by atoms with Crippen LogP contribution < -0.4 is 14.8 Å². The number of esters is 1. The fourth-order valence-electron chi connectivity index (χ4n) is 4.12. The van der Waals surface area contributed by atoms with Crippen LogP contribution in [-0.2, 0) is 19.1 Å². The highest BCUT2D eigenvalue weighted by Gasteiger charge is 2.35. The van der Waals surface area contributed by atoms with Gasteiger partial charge in [-0.3, -0.25) is 4.79 Å². The van der Waals surface area contributed by atoms with Crippen LogP contribution in [0.5, 0.6) is 11.5 Å². The number of rotatable bonds is 9. The number of thioether (sulfide) groups is 1. The summed E-state index contributed by atoms with van der Waals surface area (Å²) in [6, 6.07) is 4.77. The molecule has 0 saturated carbocycles. The minimum Gasteiger partial charge on any atom is -0.493 e. The van der Waals surface area contributed by atoms with Crippen LogP contribution in [0.3, 0.4) is 0 Å². The number of aromatic nitrogens is 3. The van der Waals surface area contributed by atoms with E-state index in [2.05, 4.69) is 15.4 Å². The Morgan fingerprint density at radius 2 is 2.00 bits per heavy atom. The Morgan fingerprint density at radius 3 is 2.69 bits per heavy atom. The highest BCUT2D eigenvalue weighted by Crippen LogP contribution is 2.39. The van der Waals surface area contributed by atoms with Crippen LogP contribution in [-0.4, -0.2) is 83.9 Å². The molecule has 1 saturated heterocycles. The molecule has 0 spiro atoms. The summed E-state index contributed by atoms with van der Waals surface area (Å²) < 4.78 is 23.8. The van der Waals surface area contributed by atoms with E-state index < -0.39 is 12.0 Å². The van der Waals surface area contributed by atoms with Gasteiger partial charge < -0.3 is 29.2 Å². The minimum atomic E-state index is -0.586. The summed E-state index contributed by atoms with van der Waals surface area (Å²) in [4.78, 5) is 31.8. The second-order valence-corrected chi connectivity index (χ2v) is 9.31. The van der Waals surface area contributed by atoms with Crippen LogP contribution in [0.15, 0.2) is 34.6 Å². The molecule has 1 unspecified atom stereocenters. The Balaban J connectivity index is 1.64. The largest absolute Gasteiger partial charge is 0.493 e. The van der Waals surface area contributed by atoms with Gasteiger partial charge in [0.1, 0.15) is 6.04 Å². The molecule has 36 heavy (non-hydrogen) atoms. The van der Waals surface area contributed by atoms with Gasteiger partial charge in [0.15, 0.2) is 18.1 Å². The van der Waals surface area contributed by atoms with Crippen molar-refractivity contribution in [2.75, 3.05) is 57.7 Å². The van der Waals surface area contributed by atoms with Crippen molar-refractivity contribution in [3.63, 3.8) is 0 Å². The Kier molecular flexibility index (Phi) is 8.36. The maximum Gasteiger partial charge on any atom is 0.338 e. The number of allylic oxidation sites excluding steroid dienone is 1. The van der Waals surface area contributed by atoms with Gasteiger partial charge in [-0.1, -0.05) is 24.8 Å².